The summed E-state index contributed by atoms with van der Waals surface area (Å²) in [4.78, 5) is 4.07. The first-order chi connectivity index (χ1) is 7.71. The molecule has 0 amide bonds. The Kier molecular flexibility index (Phi) is 4.62. The van der Waals surface area contributed by atoms with Gasteiger partial charge in [0.25, 0.3) is 0 Å². The molecular weight excluding hydrogens is 226 g/mol. The summed E-state index contributed by atoms with van der Waals surface area (Å²) in [7, 11) is 0. The lowest BCUT2D eigenvalue weighted by Crippen LogP contribution is -2.12. The van der Waals surface area contributed by atoms with Crippen LogP contribution in [0, 0.1) is 11.3 Å². The fourth-order valence-corrected chi connectivity index (χ4v) is 1.20. The summed E-state index contributed by atoms with van der Waals surface area (Å²) in [5, 5.41) is 8.85. The van der Waals surface area contributed by atoms with Crippen LogP contribution in [0.5, 0.6) is 5.75 Å². The lowest BCUT2D eigenvalue weighted by molar-refractivity contribution is 0.339. The zero-order valence-corrected chi connectivity index (χ0v) is 9.66. The SMILES string of the molecule is CCOc1cc(N=C(N)CCl)ccc1C#N. The maximum absolute atomic E-state index is 8.85. The summed E-state index contributed by atoms with van der Waals surface area (Å²) in [5.74, 6) is 1.01. The quantitative estimate of drug-likeness (QED) is 0.496. The number of ether oxygens (including phenoxy) is 1. The van der Waals surface area contributed by atoms with Crippen molar-refractivity contribution < 1.29 is 4.74 Å². The lowest BCUT2D eigenvalue weighted by atomic mass is 10.2. The number of aliphatic imine (C=N–C) groups is 1. The maximum atomic E-state index is 8.85. The molecule has 84 valence electrons. The maximum Gasteiger partial charge on any atom is 0.139 e. The Bertz CT molecular complexity index is 437. The van der Waals surface area contributed by atoms with Gasteiger partial charge in [0.05, 0.1) is 23.7 Å². The normalized spacial score (nSPS) is 10.9. The number of nitrogens with zero attached hydrogens (tertiary/aromatic N) is 2. The molecule has 0 saturated heterocycles. The molecule has 1 aromatic rings. The van der Waals surface area contributed by atoms with Crippen molar-refractivity contribution in [3.8, 4) is 11.8 Å². The van der Waals surface area contributed by atoms with Crippen LogP contribution < -0.4 is 10.5 Å². The van der Waals surface area contributed by atoms with Crippen molar-refractivity contribution in [2.45, 2.75) is 6.92 Å². The average molecular weight is 238 g/mol. The Morgan fingerprint density at radius 3 is 2.94 bits per heavy atom. The molecule has 2 N–H and O–H groups in total. The summed E-state index contributed by atoms with van der Waals surface area (Å²) < 4.78 is 5.32. The molecule has 0 spiro atoms. The molecule has 0 atom stereocenters. The Balaban J connectivity index is 3.07. The summed E-state index contributed by atoms with van der Waals surface area (Å²) in [6.07, 6.45) is 0. The second kappa shape index (κ2) is 5.99. The largest absolute Gasteiger partial charge is 0.492 e. The molecule has 0 heterocycles. The van der Waals surface area contributed by atoms with Gasteiger partial charge in [0.2, 0.25) is 0 Å². The highest BCUT2D eigenvalue weighted by atomic mass is 35.5. The fourth-order valence-electron chi connectivity index (χ4n) is 1.14. The van der Waals surface area contributed by atoms with Crippen molar-refractivity contribution in [1.29, 1.82) is 5.26 Å². The number of rotatable bonds is 4. The van der Waals surface area contributed by atoms with Gasteiger partial charge in [-0.1, -0.05) is 0 Å². The van der Waals surface area contributed by atoms with Crippen LogP contribution in [0.3, 0.4) is 0 Å². The van der Waals surface area contributed by atoms with E-state index in [0.717, 1.165) is 0 Å². The zero-order chi connectivity index (χ0) is 12.0. The van der Waals surface area contributed by atoms with Crippen molar-refractivity contribution in [3.05, 3.63) is 23.8 Å². The van der Waals surface area contributed by atoms with Gasteiger partial charge in [-0.3, -0.25) is 0 Å². The third-order valence-electron chi connectivity index (χ3n) is 1.80. The third kappa shape index (κ3) is 3.14. The first-order valence-corrected chi connectivity index (χ1v) is 5.30. The molecule has 0 radical (unpaired) electrons. The minimum absolute atomic E-state index is 0.171. The molecule has 0 aliphatic heterocycles. The number of amidine groups is 1. The van der Waals surface area contributed by atoms with Crippen LogP contribution in [-0.4, -0.2) is 18.3 Å². The molecular formula is C11H12ClN3O. The van der Waals surface area contributed by atoms with Crippen molar-refractivity contribution >= 4 is 23.1 Å². The van der Waals surface area contributed by atoms with Crippen LogP contribution >= 0.6 is 11.6 Å². The van der Waals surface area contributed by atoms with Crippen molar-refractivity contribution in [2.75, 3.05) is 12.5 Å². The van der Waals surface area contributed by atoms with E-state index < -0.39 is 0 Å². The van der Waals surface area contributed by atoms with E-state index in [1.807, 2.05) is 13.0 Å². The number of nitriles is 1. The van der Waals surface area contributed by atoms with Gasteiger partial charge in [0, 0.05) is 6.07 Å². The Morgan fingerprint density at radius 2 is 2.38 bits per heavy atom. The summed E-state index contributed by atoms with van der Waals surface area (Å²) >= 11 is 5.52. The first-order valence-electron chi connectivity index (χ1n) is 4.77. The molecule has 1 aromatic carbocycles. The first kappa shape index (κ1) is 12.3. The second-order valence-corrected chi connectivity index (χ2v) is 3.23. The van der Waals surface area contributed by atoms with Crippen LogP contribution in [0.25, 0.3) is 0 Å². The standard InChI is InChI=1S/C11H12ClN3O/c1-2-16-10-5-9(15-11(14)6-12)4-3-8(10)7-13/h3-5H,2,6H2,1H3,(H2,14,15). The van der Waals surface area contributed by atoms with E-state index in [9.17, 15) is 0 Å². The molecule has 4 nitrogen and oxygen atoms in total. The van der Waals surface area contributed by atoms with Crippen molar-refractivity contribution in [1.82, 2.24) is 0 Å². The molecule has 16 heavy (non-hydrogen) atoms. The Hall–Kier alpha value is -1.73. The molecule has 0 unspecified atom stereocenters. The van der Waals surface area contributed by atoms with E-state index in [4.69, 9.17) is 27.3 Å². The minimum atomic E-state index is 0.171. The number of halogens is 1. The summed E-state index contributed by atoms with van der Waals surface area (Å²) in [6.45, 7) is 2.34. The molecule has 1 rings (SSSR count). The average Bonchev–Trinajstić information content (AvgIpc) is 2.30. The van der Waals surface area contributed by atoms with Gasteiger partial charge < -0.3 is 10.5 Å². The molecule has 0 aliphatic rings. The van der Waals surface area contributed by atoms with Gasteiger partial charge in [-0.15, -0.1) is 11.6 Å². The predicted molar refractivity (Wildman–Crippen MR) is 64.3 cm³/mol. The summed E-state index contributed by atoms with van der Waals surface area (Å²) in [6, 6.07) is 7.05. The van der Waals surface area contributed by atoms with E-state index in [-0.39, 0.29) is 5.88 Å². The minimum Gasteiger partial charge on any atom is -0.492 e. The zero-order valence-electron chi connectivity index (χ0n) is 8.90. The smallest absolute Gasteiger partial charge is 0.139 e. The second-order valence-electron chi connectivity index (χ2n) is 2.96. The highest BCUT2D eigenvalue weighted by Gasteiger charge is 2.04. The van der Waals surface area contributed by atoms with Gasteiger partial charge >= 0.3 is 0 Å². The summed E-state index contributed by atoms with van der Waals surface area (Å²) in [5.41, 5.74) is 6.61. The molecule has 0 aliphatic carbocycles. The Morgan fingerprint density at radius 1 is 1.62 bits per heavy atom. The van der Waals surface area contributed by atoms with Gasteiger partial charge in [0.15, 0.2) is 0 Å². The highest BCUT2D eigenvalue weighted by Crippen LogP contribution is 2.24. The fraction of sp³-hybridized carbons (Fsp3) is 0.273. The number of hydrogen-bond donors (Lipinski definition) is 1. The van der Waals surface area contributed by atoms with Crippen LogP contribution in [0.2, 0.25) is 0 Å². The number of nitrogens with two attached hydrogens (primary N) is 1. The lowest BCUT2D eigenvalue weighted by Gasteiger charge is -2.06. The molecule has 0 aromatic heterocycles. The molecule has 0 saturated carbocycles. The van der Waals surface area contributed by atoms with E-state index in [1.165, 1.54) is 0 Å². The predicted octanol–water partition coefficient (Wildman–Crippen LogP) is 2.18. The topological polar surface area (TPSA) is 71.4 Å². The molecule has 0 bridgehead atoms. The van der Waals surface area contributed by atoms with Crippen LogP contribution in [0.4, 0.5) is 5.69 Å². The van der Waals surface area contributed by atoms with Gasteiger partial charge in [-0.2, -0.15) is 5.26 Å². The molecule has 5 heteroatoms. The van der Waals surface area contributed by atoms with Gasteiger partial charge in [0.1, 0.15) is 17.7 Å². The van der Waals surface area contributed by atoms with Crippen molar-refractivity contribution in [2.24, 2.45) is 10.7 Å². The van der Waals surface area contributed by atoms with Crippen LogP contribution in [0.15, 0.2) is 23.2 Å². The van der Waals surface area contributed by atoms with Crippen LogP contribution in [0.1, 0.15) is 12.5 Å². The van der Waals surface area contributed by atoms with Crippen molar-refractivity contribution in [3.63, 3.8) is 0 Å². The van der Waals surface area contributed by atoms with E-state index >= 15 is 0 Å². The van der Waals surface area contributed by atoms with Gasteiger partial charge in [-0.25, -0.2) is 4.99 Å². The van der Waals surface area contributed by atoms with E-state index in [1.54, 1.807) is 18.2 Å². The monoisotopic (exact) mass is 237 g/mol. The number of hydrogen-bond acceptors (Lipinski definition) is 3. The van der Waals surface area contributed by atoms with Crippen LogP contribution in [-0.2, 0) is 0 Å². The highest BCUT2D eigenvalue weighted by molar-refractivity contribution is 6.28. The molecule has 0 fully saturated rings. The van der Waals surface area contributed by atoms with Gasteiger partial charge in [-0.05, 0) is 19.1 Å². The van der Waals surface area contributed by atoms with E-state index in [0.29, 0.717) is 29.4 Å². The third-order valence-corrected chi connectivity index (χ3v) is 2.07. The number of alkyl halides is 1. The van der Waals surface area contributed by atoms with E-state index in [2.05, 4.69) is 4.99 Å². The Labute approximate surface area is 99.3 Å². The number of benzene rings is 1.